The fourth-order valence-electron chi connectivity index (χ4n) is 5.49. The van der Waals surface area contributed by atoms with Crippen molar-refractivity contribution in [3.8, 4) is 17.4 Å². The van der Waals surface area contributed by atoms with Crippen LogP contribution in [0, 0.1) is 6.92 Å². The summed E-state index contributed by atoms with van der Waals surface area (Å²) in [5.74, 6) is 1.57. The number of aryl methyl sites for hydroxylation is 1. The maximum absolute atomic E-state index is 14.0. The third kappa shape index (κ3) is 5.86. The second-order valence-corrected chi connectivity index (χ2v) is 11.5. The highest BCUT2D eigenvalue weighted by atomic mass is 35.5. The van der Waals surface area contributed by atoms with Crippen LogP contribution < -0.4 is 4.74 Å². The summed E-state index contributed by atoms with van der Waals surface area (Å²) >= 11 is 5.94. The second-order valence-electron chi connectivity index (χ2n) is 11.0. The van der Waals surface area contributed by atoms with Crippen LogP contribution in [0.5, 0.6) is 5.88 Å². The van der Waals surface area contributed by atoms with Crippen LogP contribution in [0.2, 0.25) is 5.02 Å². The minimum absolute atomic E-state index is 0.0631. The predicted octanol–water partition coefficient (Wildman–Crippen LogP) is 5.52. The highest BCUT2D eigenvalue weighted by Gasteiger charge is 2.37. The number of nitrogens with one attached hydrogen (secondary N) is 1. The van der Waals surface area contributed by atoms with Gasteiger partial charge in [-0.15, -0.1) is 0 Å². The molecule has 10 nitrogen and oxygen atoms in total. The lowest BCUT2D eigenvalue weighted by molar-refractivity contribution is -0.139. The van der Waals surface area contributed by atoms with Crippen LogP contribution in [0.3, 0.4) is 0 Å². The molecule has 0 aliphatic carbocycles. The number of hydrogen-bond acceptors (Lipinski definition) is 8. The molecule has 44 heavy (non-hydrogen) atoms. The molecule has 1 atom stereocenters. The van der Waals surface area contributed by atoms with Crippen molar-refractivity contribution >= 4 is 22.6 Å². The zero-order valence-electron chi connectivity index (χ0n) is 23.7. The maximum atomic E-state index is 14.0. The van der Waals surface area contributed by atoms with Crippen LogP contribution in [-0.2, 0) is 43.6 Å². The van der Waals surface area contributed by atoms with E-state index in [2.05, 4.69) is 34.6 Å². The summed E-state index contributed by atoms with van der Waals surface area (Å²) in [6, 6.07) is 9.80. The van der Waals surface area contributed by atoms with E-state index in [0.29, 0.717) is 71.8 Å². The van der Waals surface area contributed by atoms with Crippen molar-refractivity contribution in [2.24, 2.45) is 0 Å². The van der Waals surface area contributed by atoms with Crippen molar-refractivity contribution in [1.29, 1.82) is 0 Å². The van der Waals surface area contributed by atoms with Gasteiger partial charge in [-0.2, -0.15) is 18.3 Å². The first kappa shape index (κ1) is 28.7. The van der Waals surface area contributed by atoms with Crippen molar-refractivity contribution in [1.82, 2.24) is 39.6 Å². The first-order chi connectivity index (χ1) is 21.2. The molecule has 1 fully saturated rings. The lowest BCUT2D eigenvalue weighted by atomic mass is 10.0. The van der Waals surface area contributed by atoms with Gasteiger partial charge in [0.2, 0.25) is 5.88 Å². The molecule has 2 aliphatic rings. The van der Waals surface area contributed by atoms with Gasteiger partial charge in [-0.05, 0) is 55.2 Å². The van der Waals surface area contributed by atoms with E-state index in [-0.39, 0.29) is 12.7 Å². The number of benzene rings is 1. The van der Waals surface area contributed by atoms with Crippen LogP contribution >= 0.6 is 11.6 Å². The summed E-state index contributed by atoms with van der Waals surface area (Å²) in [6.07, 6.45) is -1.35. The summed E-state index contributed by atoms with van der Waals surface area (Å²) in [7, 11) is 0. The van der Waals surface area contributed by atoms with E-state index in [1.54, 1.807) is 30.5 Å². The van der Waals surface area contributed by atoms with E-state index in [0.717, 1.165) is 29.9 Å². The number of ether oxygens (including phenoxy) is 2. The number of alkyl halides is 3. The highest BCUT2D eigenvalue weighted by Crippen LogP contribution is 2.38. The molecule has 7 rings (SSSR count). The predicted molar refractivity (Wildman–Crippen MR) is 155 cm³/mol. The zero-order chi connectivity index (χ0) is 30.4. The van der Waals surface area contributed by atoms with Gasteiger partial charge in [-0.1, -0.05) is 23.7 Å². The van der Waals surface area contributed by atoms with Gasteiger partial charge in [-0.3, -0.25) is 15.0 Å². The summed E-state index contributed by atoms with van der Waals surface area (Å²) in [5.41, 5.74) is 3.19. The topological polar surface area (TPSA) is 107 Å². The van der Waals surface area contributed by atoms with E-state index in [9.17, 15) is 13.2 Å². The number of imidazole rings is 1. The summed E-state index contributed by atoms with van der Waals surface area (Å²) in [5, 5.41) is 7.59. The quantitative estimate of drug-likeness (QED) is 0.241. The summed E-state index contributed by atoms with van der Waals surface area (Å²) < 4.78 is 55.5. The Balaban J connectivity index is 1.16. The highest BCUT2D eigenvalue weighted by molar-refractivity contribution is 6.30. The monoisotopic (exact) mass is 624 g/mol. The molecule has 1 saturated heterocycles. The Hall–Kier alpha value is -4.07. The lowest BCUT2D eigenvalue weighted by Crippen LogP contribution is -2.34. The Bertz CT molecular complexity index is 1820. The first-order valence-electron chi connectivity index (χ1n) is 14.3. The SMILES string of the molecule is Cc1nc(-c2cc3nc(CN4CCc5cc(C(F)(F)F)c(OCc6ccc(Cl)cc6)nc5C4)n(C[C@@H]4CCO4)c3cn2)n[nH]1. The summed E-state index contributed by atoms with van der Waals surface area (Å²) in [6.45, 7) is 4.51. The number of pyridine rings is 2. The Morgan fingerprint density at radius 3 is 2.66 bits per heavy atom. The normalized spacial score (nSPS) is 17.1. The van der Waals surface area contributed by atoms with Gasteiger partial charge in [0.05, 0.1) is 42.1 Å². The largest absolute Gasteiger partial charge is 0.472 e. The zero-order valence-corrected chi connectivity index (χ0v) is 24.5. The van der Waals surface area contributed by atoms with Crippen molar-refractivity contribution in [2.75, 3.05) is 13.2 Å². The summed E-state index contributed by atoms with van der Waals surface area (Å²) in [4.78, 5) is 20.5. The number of fused-ring (bicyclic) bond motifs is 2. The van der Waals surface area contributed by atoms with Gasteiger partial charge in [0.1, 0.15) is 29.5 Å². The van der Waals surface area contributed by atoms with Crippen LogP contribution in [0.1, 0.15) is 40.5 Å². The third-order valence-corrected chi connectivity index (χ3v) is 8.16. The smallest absolute Gasteiger partial charge is 0.421 e. The number of H-pyrrole nitrogens is 1. The molecular weight excluding hydrogens is 597 g/mol. The molecule has 0 amide bonds. The van der Waals surface area contributed by atoms with Crippen LogP contribution in [0.25, 0.3) is 22.6 Å². The van der Waals surface area contributed by atoms with Crippen LogP contribution in [0.15, 0.2) is 42.6 Å². The Kier molecular flexibility index (Phi) is 7.47. The average molecular weight is 625 g/mol. The average Bonchev–Trinajstić information content (AvgIpc) is 3.56. The molecular formula is C30H28ClF3N8O2. The molecule has 14 heteroatoms. The van der Waals surface area contributed by atoms with E-state index >= 15 is 0 Å². The standard InChI is InChI=1S/C30H28ClF3N8O2/c1-17-36-28(40-39-17)24-11-23-26(12-35-24)42(13-21-7-9-43-21)27(37-23)15-41-8-6-19-10-22(30(32,33)34)29(38-25(19)14-41)44-16-18-2-4-20(31)5-3-18/h2-5,10-12,21H,6-9,13-16H2,1H3,(H,36,39,40)/t21-/m0/s1. The molecule has 0 saturated carbocycles. The molecule has 0 unspecified atom stereocenters. The number of hydrogen-bond donors (Lipinski definition) is 1. The molecule has 0 spiro atoms. The van der Waals surface area contributed by atoms with E-state index in [1.807, 2.05) is 13.0 Å². The lowest BCUT2D eigenvalue weighted by Gasteiger charge is -2.30. The maximum Gasteiger partial charge on any atom is 0.421 e. The Morgan fingerprint density at radius 2 is 1.95 bits per heavy atom. The fourth-order valence-corrected chi connectivity index (χ4v) is 5.61. The van der Waals surface area contributed by atoms with E-state index in [1.165, 1.54) is 6.07 Å². The van der Waals surface area contributed by atoms with Crippen molar-refractivity contribution in [2.45, 2.75) is 58.3 Å². The van der Waals surface area contributed by atoms with Gasteiger partial charge in [0.15, 0.2) is 5.82 Å². The number of nitrogens with zero attached hydrogens (tertiary/aromatic N) is 7. The Labute approximate surface area is 255 Å². The molecule has 4 aromatic heterocycles. The number of halogens is 4. The molecule has 1 aromatic carbocycles. The molecule has 228 valence electrons. The molecule has 0 bridgehead atoms. The van der Waals surface area contributed by atoms with Crippen molar-refractivity contribution in [3.63, 3.8) is 0 Å². The molecule has 2 aliphatic heterocycles. The number of rotatable bonds is 8. The van der Waals surface area contributed by atoms with Crippen molar-refractivity contribution in [3.05, 3.63) is 81.7 Å². The Morgan fingerprint density at radius 1 is 1.14 bits per heavy atom. The van der Waals surface area contributed by atoms with Gasteiger partial charge in [0, 0.05) is 24.7 Å². The van der Waals surface area contributed by atoms with Crippen molar-refractivity contribution < 1.29 is 22.6 Å². The molecule has 0 radical (unpaired) electrons. The van der Waals surface area contributed by atoms with Crippen LogP contribution in [-0.4, -0.2) is 58.9 Å². The minimum atomic E-state index is -4.60. The third-order valence-electron chi connectivity index (χ3n) is 7.91. The van der Waals surface area contributed by atoms with E-state index in [4.69, 9.17) is 26.1 Å². The van der Waals surface area contributed by atoms with Gasteiger partial charge >= 0.3 is 6.18 Å². The number of aromatic nitrogens is 7. The van der Waals surface area contributed by atoms with E-state index < -0.39 is 17.6 Å². The van der Waals surface area contributed by atoms with Gasteiger partial charge in [-0.25, -0.2) is 15.0 Å². The fraction of sp³-hybridized carbons (Fsp3) is 0.367. The van der Waals surface area contributed by atoms with Gasteiger partial charge < -0.3 is 14.0 Å². The first-order valence-corrected chi connectivity index (χ1v) is 14.6. The van der Waals surface area contributed by atoms with Crippen LogP contribution in [0.4, 0.5) is 13.2 Å². The molecule has 1 N–H and O–H groups in total. The number of aromatic amines is 1. The van der Waals surface area contributed by atoms with Gasteiger partial charge in [0.25, 0.3) is 0 Å². The molecule has 5 aromatic rings. The second kappa shape index (κ2) is 11.5. The molecule has 6 heterocycles. The minimum Gasteiger partial charge on any atom is -0.472 e.